The Kier molecular flexibility index (Phi) is 6.10. The summed E-state index contributed by atoms with van der Waals surface area (Å²) in [5.41, 5.74) is 1.35. The van der Waals surface area contributed by atoms with E-state index in [0.717, 1.165) is 16.9 Å². The second-order valence-electron chi connectivity index (χ2n) is 6.76. The monoisotopic (exact) mass is 430 g/mol. The maximum absolute atomic E-state index is 12.5. The van der Waals surface area contributed by atoms with Crippen molar-refractivity contribution in [2.45, 2.75) is 32.5 Å². The van der Waals surface area contributed by atoms with Crippen molar-refractivity contribution in [2.75, 3.05) is 24.5 Å². The van der Waals surface area contributed by atoms with Crippen molar-refractivity contribution in [3.8, 4) is 0 Å². The Labute approximate surface area is 169 Å². The number of carbonyl (C=O) groups excluding carboxylic acids is 2. The summed E-state index contributed by atoms with van der Waals surface area (Å²) in [5.74, 6) is -0.302. The molecule has 0 atom stereocenters. The third kappa shape index (κ3) is 5.25. The fraction of sp³-hybridized carbons (Fsp3) is 0.529. The average Bonchev–Trinajstić information content (AvgIpc) is 3.31. The van der Waals surface area contributed by atoms with Gasteiger partial charge in [-0.25, -0.2) is 9.78 Å². The zero-order valence-electron chi connectivity index (χ0n) is 16.0. The number of alkyl halides is 3. The number of aryl methyl sites for hydroxylation is 2. The smallest absolute Gasteiger partial charge is 0.347 e. The van der Waals surface area contributed by atoms with Crippen LogP contribution in [0.15, 0.2) is 12.4 Å². The molecule has 0 spiro atoms. The van der Waals surface area contributed by atoms with Gasteiger partial charge >= 0.3 is 12.2 Å². The predicted octanol–water partition coefficient (Wildman–Crippen LogP) is 2.70. The summed E-state index contributed by atoms with van der Waals surface area (Å²) < 4.78 is 38.5. The van der Waals surface area contributed by atoms with E-state index in [1.807, 2.05) is 0 Å². The quantitative estimate of drug-likeness (QED) is 0.732. The van der Waals surface area contributed by atoms with E-state index in [-0.39, 0.29) is 24.9 Å². The molecule has 3 amide bonds. The standard InChI is InChI=1S/C17H21F3N6O2S/c1-11-13(14(27)21-8-12-9-22-24(2)10-12)29-15(23-11)26-7-6-25(16(26)28)5-3-4-17(18,19)20/h9-10H,3-8H2,1-2H3,(H,21,27). The zero-order valence-corrected chi connectivity index (χ0v) is 16.8. The fourth-order valence-electron chi connectivity index (χ4n) is 2.97. The largest absolute Gasteiger partial charge is 0.389 e. The van der Waals surface area contributed by atoms with Crippen LogP contribution in [0.5, 0.6) is 0 Å². The van der Waals surface area contributed by atoms with Crippen molar-refractivity contribution in [2.24, 2.45) is 7.05 Å². The third-order valence-corrected chi connectivity index (χ3v) is 5.60. The van der Waals surface area contributed by atoms with Crippen LogP contribution in [-0.4, -0.2) is 57.4 Å². The lowest BCUT2D eigenvalue weighted by Gasteiger charge is -2.17. The van der Waals surface area contributed by atoms with Crippen LogP contribution >= 0.6 is 11.3 Å². The molecule has 0 saturated carbocycles. The van der Waals surface area contributed by atoms with E-state index in [0.29, 0.717) is 35.3 Å². The number of rotatable bonds is 7. The maximum atomic E-state index is 12.5. The second-order valence-corrected chi connectivity index (χ2v) is 7.73. The molecular formula is C17H21F3N6O2S. The average molecular weight is 430 g/mol. The molecule has 8 nitrogen and oxygen atoms in total. The Balaban J connectivity index is 1.59. The molecule has 2 aromatic heterocycles. The lowest BCUT2D eigenvalue weighted by atomic mass is 10.3. The molecule has 0 aliphatic carbocycles. The van der Waals surface area contributed by atoms with Crippen LogP contribution in [0.2, 0.25) is 0 Å². The number of aromatic nitrogens is 3. The van der Waals surface area contributed by atoms with Gasteiger partial charge in [-0.1, -0.05) is 11.3 Å². The van der Waals surface area contributed by atoms with Gasteiger partial charge in [0, 0.05) is 51.4 Å². The van der Waals surface area contributed by atoms with Crippen LogP contribution in [0.25, 0.3) is 0 Å². The summed E-state index contributed by atoms with van der Waals surface area (Å²) >= 11 is 1.09. The van der Waals surface area contributed by atoms with E-state index >= 15 is 0 Å². The van der Waals surface area contributed by atoms with Crippen LogP contribution < -0.4 is 10.2 Å². The summed E-state index contributed by atoms with van der Waals surface area (Å²) in [6, 6.07) is -0.386. The molecule has 3 rings (SSSR count). The third-order valence-electron chi connectivity index (χ3n) is 4.42. The number of urea groups is 1. The van der Waals surface area contributed by atoms with Gasteiger partial charge in [0.15, 0.2) is 5.13 Å². The first-order valence-electron chi connectivity index (χ1n) is 9.00. The molecule has 1 N–H and O–H groups in total. The summed E-state index contributed by atoms with van der Waals surface area (Å²) in [6.45, 7) is 2.69. The van der Waals surface area contributed by atoms with Gasteiger partial charge in [-0.2, -0.15) is 18.3 Å². The number of anilines is 1. The Bertz CT molecular complexity index is 894. The summed E-state index contributed by atoms with van der Waals surface area (Å²) in [4.78, 5) is 32.5. The van der Waals surface area contributed by atoms with Crippen LogP contribution in [0, 0.1) is 6.92 Å². The number of hydrogen-bond donors (Lipinski definition) is 1. The minimum absolute atomic E-state index is 0.0393. The lowest BCUT2D eigenvalue weighted by Crippen LogP contribution is -2.32. The first-order chi connectivity index (χ1) is 13.6. The molecule has 0 unspecified atom stereocenters. The number of halogens is 3. The van der Waals surface area contributed by atoms with Crippen LogP contribution in [0.3, 0.4) is 0 Å². The second kappa shape index (κ2) is 8.39. The van der Waals surface area contributed by atoms with Crippen molar-refractivity contribution in [1.29, 1.82) is 0 Å². The molecule has 0 bridgehead atoms. The Morgan fingerprint density at radius 2 is 2.10 bits per heavy atom. The molecule has 1 fully saturated rings. The zero-order chi connectivity index (χ0) is 21.2. The van der Waals surface area contributed by atoms with Gasteiger partial charge in [0.25, 0.3) is 5.91 Å². The number of nitrogens with one attached hydrogen (secondary N) is 1. The highest BCUT2D eigenvalue weighted by atomic mass is 32.1. The maximum Gasteiger partial charge on any atom is 0.389 e. The van der Waals surface area contributed by atoms with Gasteiger partial charge in [0.05, 0.1) is 11.9 Å². The Morgan fingerprint density at radius 3 is 2.76 bits per heavy atom. The first kappa shape index (κ1) is 21.1. The van der Waals surface area contributed by atoms with Gasteiger partial charge in [-0.15, -0.1) is 0 Å². The highest BCUT2D eigenvalue weighted by Gasteiger charge is 2.33. The predicted molar refractivity (Wildman–Crippen MR) is 101 cm³/mol. The highest BCUT2D eigenvalue weighted by molar-refractivity contribution is 7.17. The van der Waals surface area contributed by atoms with Crippen molar-refractivity contribution < 1.29 is 22.8 Å². The van der Waals surface area contributed by atoms with Gasteiger partial charge in [-0.3, -0.25) is 14.4 Å². The molecule has 0 radical (unpaired) electrons. The molecule has 29 heavy (non-hydrogen) atoms. The normalized spacial score (nSPS) is 14.7. The molecule has 0 aromatic carbocycles. The molecule has 158 valence electrons. The highest BCUT2D eigenvalue weighted by Crippen LogP contribution is 2.29. The molecule has 2 aromatic rings. The van der Waals surface area contributed by atoms with Crippen LogP contribution in [-0.2, 0) is 13.6 Å². The van der Waals surface area contributed by atoms with Crippen molar-refractivity contribution >= 4 is 28.4 Å². The van der Waals surface area contributed by atoms with E-state index in [2.05, 4.69) is 15.4 Å². The summed E-state index contributed by atoms with van der Waals surface area (Å²) in [5, 5.41) is 7.20. The van der Waals surface area contributed by atoms with E-state index in [1.54, 1.807) is 31.0 Å². The number of hydrogen-bond acceptors (Lipinski definition) is 5. The summed E-state index contributed by atoms with van der Waals surface area (Å²) in [6.07, 6.45) is -1.84. The molecule has 1 saturated heterocycles. The van der Waals surface area contributed by atoms with Gasteiger partial charge in [0.2, 0.25) is 0 Å². The fourth-order valence-corrected chi connectivity index (χ4v) is 3.98. The van der Waals surface area contributed by atoms with E-state index < -0.39 is 12.6 Å². The Hall–Kier alpha value is -2.63. The Morgan fingerprint density at radius 1 is 1.34 bits per heavy atom. The van der Waals surface area contributed by atoms with Gasteiger partial charge < -0.3 is 10.2 Å². The van der Waals surface area contributed by atoms with E-state index in [4.69, 9.17) is 0 Å². The van der Waals surface area contributed by atoms with Crippen LogP contribution in [0.1, 0.15) is 33.8 Å². The lowest BCUT2D eigenvalue weighted by molar-refractivity contribution is -0.135. The van der Waals surface area contributed by atoms with Gasteiger partial charge in [-0.05, 0) is 13.3 Å². The molecule has 12 heteroatoms. The van der Waals surface area contributed by atoms with Crippen LogP contribution in [0.4, 0.5) is 23.1 Å². The van der Waals surface area contributed by atoms with E-state index in [1.165, 1.54) is 9.80 Å². The SMILES string of the molecule is Cc1nc(N2CCN(CCCC(F)(F)F)C2=O)sc1C(=O)NCc1cnn(C)c1. The number of carbonyl (C=O) groups is 2. The van der Waals surface area contributed by atoms with Crippen molar-refractivity contribution in [3.63, 3.8) is 0 Å². The summed E-state index contributed by atoms with van der Waals surface area (Å²) in [7, 11) is 1.78. The van der Waals surface area contributed by atoms with Gasteiger partial charge in [0.1, 0.15) is 4.88 Å². The topological polar surface area (TPSA) is 83.4 Å². The minimum atomic E-state index is -4.23. The number of nitrogens with zero attached hydrogens (tertiary/aromatic N) is 5. The first-order valence-corrected chi connectivity index (χ1v) is 9.82. The number of thiazole rings is 1. The molecule has 1 aliphatic rings. The van der Waals surface area contributed by atoms with Crippen molar-refractivity contribution in [3.05, 3.63) is 28.5 Å². The van der Waals surface area contributed by atoms with E-state index in [9.17, 15) is 22.8 Å². The number of amides is 3. The van der Waals surface area contributed by atoms with Crippen molar-refractivity contribution in [1.82, 2.24) is 25.0 Å². The molecular weight excluding hydrogens is 409 g/mol. The minimum Gasteiger partial charge on any atom is -0.347 e. The molecule has 1 aliphatic heterocycles. The molecule has 3 heterocycles.